The molecule has 1 aromatic rings. The van der Waals surface area contributed by atoms with Crippen LogP contribution in [0.25, 0.3) is 5.03 Å². The van der Waals surface area contributed by atoms with Gasteiger partial charge >= 0.3 is 12.1 Å². The van der Waals surface area contributed by atoms with Gasteiger partial charge in [-0.05, 0) is 17.7 Å². The molecule has 1 N–H and O–H groups in total. The minimum absolute atomic E-state index is 0.0129. The van der Waals surface area contributed by atoms with Crippen LogP contribution in [0.3, 0.4) is 0 Å². The Labute approximate surface area is 94.0 Å². The molecule has 0 aliphatic rings. The van der Waals surface area contributed by atoms with Crippen molar-refractivity contribution in [3.63, 3.8) is 0 Å². The zero-order valence-corrected chi connectivity index (χ0v) is 8.51. The first-order valence-electron chi connectivity index (χ1n) is 4.08. The van der Waals surface area contributed by atoms with Crippen LogP contribution in [0, 0.1) is 0 Å². The van der Waals surface area contributed by atoms with Crippen molar-refractivity contribution in [3.05, 3.63) is 41.5 Å². The van der Waals surface area contributed by atoms with Crippen LogP contribution < -0.4 is 0 Å². The summed E-state index contributed by atoms with van der Waals surface area (Å²) in [5.74, 6) is -1.32. The van der Waals surface area contributed by atoms with Crippen LogP contribution in [0.15, 0.2) is 30.3 Å². The van der Waals surface area contributed by atoms with Gasteiger partial charge in [0.2, 0.25) is 0 Å². The maximum Gasteiger partial charge on any atom is 0.416 e. The lowest BCUT2D eigenvalue weighted by Gasteiger charge is -2.07. The molecule has 1 rings (SSSR count). The smallest absolute Gasteiger partial charge is 0.416 e. The summed E-state index contributed by atoms with van der Waals surface area (Å²) < 4.78 is 36.9. The fourth-order valence-electron chi connectivity index (χ4n) is 1.04. The summed E-state index contributed by atoms with van der Waals surface area (Å²) in [5, 5.41) is 8.14. The highest BCUT2D eigenvalue weighted by Gasteiger charge is 2.30. The molecule has 0 amide bonds. The molecule has 0 fully saturated rings. The molecule has 0 aromatic heterocycles. The molecule has 0 aliphatic carbocycles. The highest BCUT2D eigenvalue weighted by atomic mass is 35.5. The number of aliphatic carboxylic acids is 1. The summed E-state index contributed by atoms with van der Waals surface area (Å²) in [4.78, 5) is 10.3. The number of hydrogen-bond acceptors (Lipinski definition) is 1. The molecule has 0 spiro atoms. The fraction of sp³-hybridized carbons (Fsp3) is 0.100. The largest absolute Gasteiger partial charge is 0.478 e. The molecule has 0 aliphatic heterocycles. The van der Waals surface area contributed by atoms with E-state index in [9.17, 15) is 18.0 Å². The average molecular weight is 251 g/mol. The summed E-state index contributed by atoms with van der Waals surface area (Å²) in [6, 6.07) is 4.14. The van der Waals surface area contributed by atoms with Crippen LogP contribution in [-0.2, 0) is 11.0 Å². The van der Waals surface area contributed by atoms with Crippen LogP contribution in [0.1, 0.15) is 11.1 Å². The van der Waals surface area contributed by atoms with Crippen molar-refractivity contribution in [2.75, 3.05) is 0 Å². The number of benzene rings is 1. The Morgan fingerprint density at radius 2 is 2.00 bits per heavy atom. The number of carboxylic acids is 1. The van der Waals surface area contributed by atoms with E-state index in [1.54, 1.807) is 0 Å². The Bertz CT molecular complexity index is 438. The van der Waals surface area contributed by atoms with E-state index in [1.807, 2.05) is 0 Å². The van der Waals surface area contributed by atoms with Crippen molar-refractivity contribution in [1.29, 1.82) is 0 Å². The Kier molecular flexibility index (Phi) is 3.59. The van der Waals surface area contributed by atoms with E-state index >= 15 is 0 Å². The molecule has 0 heterocycles. The number of halogens is 4. The van der Waals surface area contributed by atoms with Crippen molar-refractivity contribution in [2.24, 2.45) is 0 Å². The standard InChI is InChI=1S/C10H6ClF3O2/c11-8(5-9(15)16)6-2-1-3-7(4-6)10(12,13)14/h1-5H,(H,15,16)/b8-5-. The zero-order valence-electron chi connectivity index (χ0n) is 7.75. The number of rotatable bonds is 2. The van der Waals surface area contributed by atoms with Gasteiger partial charge in [0.1, 0.15) is 0 Å². The average Bonchev–Trinajstić information content (AvgIpc) is 2.15. The van der Waals surface area contributed by atoms with Gasteiger partial charge in [0.05, 0.1) is 10.6 Å². The molecule has 86 valence electrons. The lowest BCUT2D eigenvalue weighted by Crippen LogP contribution is -2.04. The quantitative estimate of drug-likeness (QED) is 0.817. The SMILES string of the molecule is O=C(O)/C=C(\Cl)c1cccc(C(F)(F)F)c1. The van der Waals surface area contributed by atoms with Gasteiger partial charge in [-0.25, -0.2) is 4.79 Å². The Hall–Kier alpha value is -1.49. The third-order valence-electron chi connectivity index (χ3n) is 1.72. The molecule has 2 nitrogen and oxygen atoms in total. The van der Waals surface area contributed by atoms with Crippen molar-refractivity contribution < 1.29 is 23.1 Å². The molecule has 6 heteroatoms. The summed E-state index contributed by atoms with van der Waals surface area (Å²) in [5.41, 5.74) is -0.860. The number of carbonyl (C=O) groups is 1. The van der Waals surface area contributed by atoms with Gasteiger partial charge < -0.3 is 5.11 Å². The predicted molar refractivity (Wildman–Crippen MR) is 52.9 cm³/mol. The van der Waals surface area contributed by atoms with Gasteiger partial charge in [0, 0.05) is 6.08 Å². The van der Waals surface area contributed by atoms with Gasteiger partial charge in [0.25, 0.3) is 0 Å². The number of carboxylic acid groups (broad SMARTS) is 1. The minimum Gasteiger partial charge on any atom is -0.478 e. The maximum absolute atomic E-state index is 12.3. The van der Waals surface area contributed by atoms with Gasteiger partial charge in [-0.3, -0.25) is 0 Å². The first-order valence-corrected chi connectivity index (χ1v) is 4.46. The zero-order chi connectivity index (χ0) is 12.3. The Morgan fingerprint density at radius 3 is 2.50 bits per heavy atom. The summed E-state index contributed by atoms with van der Waals surface area (Å²) in [7, 11) is 0. The molecule has 0 saturated carbocycles. The second-order valence-electron chi connectivity index (χ2n) is 2.91. The van der Waals surface area contributed by atoms with Gasteiger partial charge in [0.15, 0.2) is 0 Å². The second kappa shape index (κ2) is 4.57. The van der Waals surface area contributed by atoms with E-state index in [0.717, 1.165) is 18.2 Å². The Morgan fingerprint density at radius 1 is 1.38 bits per heavy atom. The van der Waals surface area contributed by atoms with E-state index in [2.05, 4.69) is 0 Å². The number of alkyl halides is 3. The van der Waals surface area contributed by atoms with E-state index in [0.29, 0.717) is 6.08 Å². The van der Waals surface area contributed by atoms with Crippen LogP contribution in [-0.4, -0.2) is 11.1 Å². The normalized spacial score (nSPS) is 12.6. The molecule has 1 aromatic carbocycles. The maximum atomic E-state index is 12.3. The van der Waals surface area contributed by atoms with Crippen molar-refractivity contribution in [1.82, 2.24) is 0 Å². The summed E-state index contributed by atoms with van der Waals surface area (Å²) >= 11 is 5.54. The van der Waals surface area contributed by atoms with Gasteiger partial charge in [-0.15, -0.1) is 0 Å². The first-order chi connectivity index (χ1) is 7.30. The second-order valence-corrected chi connectivity index (χ2v) is 3.32. The van der Waals surface area contributed by atoms with Crippen LogP contribution >= 0.6 is 11.6 Å². The lowest BCUT2D eigenvalue weighted by molar-refractivity contribution is -0.137. The third-order valence-corrected chi connectivity index (χ3v) is 2.04. The predicted octanol–water partition coefficient (Wildman–Crippen LogP) is 3.37. The van der Waals surface area contributed by atoms with Crippen molar-refractivity contribution in [2.45, 2.75) is 6.18 Å². The first kappa shape index (κ1) is 12.6. The molecule has 0 atom stereocenters. The molecular formula is C10H6ClF3O2. The monoisotopic (exact) mass is 250 g/mol. The minimum atomic E-state index is -4.48. The molecular weight excluding hydrogens is 245 g/mol. The van der Waals surface area contributed by atoms with Crippen molar-refractivity contribution in [3.8, 4) is 0 Å². The Balaban J connectivity index is 3.13. The fourth-order valence-corrected chi connectivity index (χ4v) is 1.25. The van der Waals surface area contributed by atoms with E-state index in [1.165, 1.54) is 6.07 Å². The highest BCUT2D eigenvalue weighted by Crippen LogP contribution is 2.31. The molecule has 0 bridgehead atoms. The third kappa shape index (κ3) is 3.27. The highest BCUT2D eigenvalue weighted by molar-refractivity contribution is 6.50. The molecule has 16 heavy (non-hydrogen) atoms. The summed E-state index contributed by atoms with van der Waals surface area (Å²) in [6.07, 6.45) is -3.84. The topological polar surface area (TPSA) is 37.3 Å². The molecule has 0 unspecified atom stereocenters. The van der Waals surface area contributed by atoms with Crippen LogP contribution in [0.2, 0.25) is 0 Å². The van der Waals surface area contributed by atoms with E-state index < -0.39 is 17.7 Å². The van der Waals surface area contributed by atoms with Crippen molar-refractivity contribution >= 4 is 22.6 Å². The van der Waals surface area contributed by atoms with Crippen LogP contribution in [0.5, 0.6) is 0 Å². The van der Waals surface area contributed by atoms with Crippen LogP contribution in [0.4, 0.5) is 13.2 Å². The lowest BCUT2D eigenvalue weighted by atomic mass is 10.1. The van der Waals surface area contributed by atoms with E-state index in [4.69, 9.17) is 16.7 Å². The van der Waals surface area contributed by atoms with E-state index in [-0.39, 0.29) is 10.6 Å². The molecule has 0 saturated heterocycles. The molecule has 0 radical (unpaired) electrons. The summed E-state index contributed by atoms with van der Waals surface area (Å²) in [6.45, 7) is 0. The van der Waals surface area contributed by atoms with Gasteiger partial charge in [-0.1, -0.05) is 23.7 Å². The van der Waals surface area contributed by atoms with Gasteiger partial charge in [-0.2, -0.15) is 13.2 Å². The number of hydrogen-bond donors (Lipinski definition) is 1.